The predicted octanol–water partition coefficient (Wildman–Crippen LogP) is 2.91. The second kappa shape index (κ2) is 9.98. The Hall–Kier alpha value is -2.52. The van der Waals surface area contributed by atoms with Gasteiger partial charge in [-0.25, -0.2) is 4.39 Å². The van der Waals surface area contributed by atoms with Gasteiger partial charge < -0.3 is 15.1 Å². The van der Waals surface area contributed by atoms with Crippen LogP contribution in [0.2, 0.25) is 0 Å². The molecule has 9 heteroatoms. The Morgan fingerprint density at radius 3 is 2.46 bits per heavy atom. The van der Waals surface area contributed by atoms with Gasteiger partial charge >= 0.3 is 0 Å². The number of nitrogens with zero attached hydrogens (tertiary/aromatic N) is 4. The predicted molar refractivity (Wildman–Crippen MR) is 141 cm³/mol. The lowest BCUT2D eigenvalue weighted by Gasteiger charge is -2.45. The molecule has 2 aromatic rings. The Balaban J connectivity index is 1.09. The van der Waals surface area contributed by atoms with Crippen LogP contribution in [0.3, 0.4) is 0 Å². The molecule has 0 aliphatic carbocycles. The van der Waals surface area contributed by atoms with Gasteiger partial charge in [0, 0.05) is 38.5 Å². The summed E-state index contributed by atoms with van der Waals surface area (Å²) in [5, 5.41) is 11.1. The van der Waals surface area contributed by atoms with Crippen molar-refractivity contribution in [3.8, 4) is 0 Å². The van der Waals surface area contributed by atoms with Gasteiger partial charge in [0.15, 0.2) is 5.82 Å². The van der Waals surface area contributed by atoms with Crippen molar-refractivity contribution in [1.29, 1.82) is 0 Å². The molecule has 5 heterocycles. The fraction of sp³-hybridized carbons (Fsp3) is 0.679. The number of rotatable bonds is 4. The molecule has 1 aromatic carbocycles. The molecule has 1 spiro atoms. The number of imide groups is 1. The van der Waals surface area contributed by atoms with E-state index >= 15 is 4.39 Å². The first-order valence-corrected chi connectivity index (χ1v) is 14.1. The van der Waals surface area contributed by atoms with Gasteiger partial charge in [0.1, 0.15) is 5.52 Å². The Bertz CT molecular complexity index is 1170. The quantitative estimate of drug-likeness (QED) is 0.616. The maximum Gasteiger partial charge on any atom is 0.235 e. The smallest absolute Gasteiger partial charge is 0.235 e. The number of aryl methyl sites for hydroxylation is 1. The first-order chi connectivity index (χ1) is 17.9. The van der Waals surface area contributed by atoms with Crippen LogP contribution in [0.25, 0.3) is 10.9 Å². The minimum Gasteiger partial charge on any atom is -0.369 e. The average Bonchev–Trinajstić information content (AvgIpc) is 3.24. The van der Waals surface area contributed by atoms with Crippen LogP contribution in [-0.4, -0.2) is 72.3 Å². The summed E-state index contributed by atoms with van der Waals surface area (Å²) in [6, 6.07) is 3.74. The largest absolute Gasteiger partial charge is 0.369 e. The molecule has 0 bridgehead atoms. The molecule has 8 nitrogen and oxygen atoms in total. The molecule has 4 saturated heterocycles. The van der Waals surface area contributed by atoms with Gasteiger partial charge in [0.2, 0.25) is 11.8 Å². The minimum absolute atomic E-state index is 0.260. The van der Waals surface area contributed by atoms with E-state index in [0.717, 1.165) is 25.9 Å². The van der Waals surface area contributed by atoms with Crippen LogP contribution in [0.15, 0.2) is 12.1 Å². The van der Waals surface area contributed by atoms with Crippen molar-refractivity contribution in [2.75, 3.05) is 50.7 Å². The van der Waals surface area contributed by atoms with E-state index in [1.807, 2.05) is 12.1 Å². The summed E-state index contributed by atoms with van der Waals surface area (Å²) in [5.74, 6) is -0.734. The molecule has 1 aromatic heterocycles. The molecule has 0 saturated carbocycles. The van der Waals surface area contributed by atoms with E-state index in [0.29, 0.717) is 40.0 Å². The van der Waals surface area contributed by atoms with Crippen molar-refractivity contribution in [3.63, 3.8) is 0 Å². The zero-order valence-electron chi connectivity index (χ0n) is 21.9. The first kappa shape index (κ1) is 24.8. The number of anilines is 1. The third-order valence-electron chi connectivity index (χ3n) is 9.57. The van der Waals surface area contributed by atoms with Gasteiger partial charge in [-0.2, -0.15) is 5.10 Å². The second-order valence-electron chi connectivity index (χ2n) is 11.8. The number of nitrogens with one attached hydrogen (secondary N) is 2. The van der Waals surface area contributed by atoms with Crippen LogP contribution >= 0.6 is 0 Å². The summed E-state index contributed by atoms with van der Waals surface area (Å²) >= 11 is 0. The topological polar surface area (TPSA) is 82.5 Å². The third kappa shape index (κ3) is 4.76. The van der Waals surface area contributed by atoms with Gasteiger partial charge in [-0.05, 0) is 94.6 Å². The van der Waals surface area contributed by atoms with Crippen molar-refractivity contribution >= 4 is 28.4 Å². The maximum absolute atomic E-state index is 15.8. The number of carbonyl (C=O) groups excluding carboxylic acids is 2. The number of hydrogen-bond donors (Lipinski definition) is 2. The van der Waals surface area contributed by atoms with Gasteiger partial charge in [-0.1, -0.05) is 0 Å². The second-order valence-corrected chi connectivity index (χ2v) is 11.8. The SMILES string of the molecule is Cn1nc(C2CCC(=O)NC2=O)c2ccc(N3CCC(CN4CCC5(CCNCC5)CC4)CC3)c(F)c21. The highest BCUT2D eigenvalue weighted by Crippen LogP contribution is 2.40. The number of likely N-dealkylation sites (tertiary alicyclic amines) is 1. The van der Waals surface area contributed by atoms with Gasteiger partial charge in [-0.15, -0.1) is 0 Å². The lowest BCUT2D eigenvalue weighted by Crippen LogP contribution is -2.47. The summed E-state index contributed by atoms with van der Waals surface area (Å²) in [5.41, 5.74) is 2.19. The highest BCUT2D eigenvalue weighted by atomic mass is 19.1. The lowest BCUT2D eigenvalue weighted by molar-refractivity contribution is -0.134. The molecule has 4 aliphatic heterocycles. The van der Waals surface area contributed by atoms with Crippen LogP contribution in [0.5, 0.6) is 0 Å². The molecule has 1 unspecified atom stereocenters. The van der Waals surface area contributed by atoms with Gasteiger partial charge in [0.25, 0.3) is 0 Å². The zero-order chi connectivity index (χ0) is 25.6. The van der Waals surface area contributed by atoms with E-state index in [2.05, 4.69) is 25.5 Å². The van der Waals surface area contributed by atoms with Crippen LogP contribution in [0.4, 0.5) is 10.1 Å². The van der Waals surface area contributed by atoms with E-state index < -0.39 is 5.92 Å². The van der Waals surface area contributed by atoms with E-state index in [9.17, 15) is 9.59 Å². The maximum atomic E-state index is 15.8. The molecule has 0 radical (unpaired) electrons. The summed E-state index contributed by atoms with van der Waals surface area (Å²) in [6.45, 7) is 7.68. The molecule has 1 atom stereocenters. The Morgan fingerprint density at radius 2 is 1.76 bits per heavy atom. The molecule has 2 amide bonds. The number of benzene rings is 1. The molecule has 37 heavy (non-hydrogen) atoms. The van der Waals surface area contributed by atoms with E-state index in [-0.39, 0.29) is 24.1 Å². The van der Waals surface area contributed by atoms with Crippen molar-refractivity contribution < 1.29 is 14.0 Å². The average molecular weight is 511 g/mol. The summed E-state index contributed by atoms with van der Waals surface area (Å²) in [7, 11) is 1.73. The number of piperidine rings is 4. The molecule has 4 fully saturated rings. The summed E-state index contributed by atoms with van der Waals surface area (Å²) in [4.78, 5) is 28.8. The highest BCUT2D eigenvalue weighted by molar-refractivity contribution is 6.02. The molecular formula is C28H39FN6O2. The van der Waals surface area contributed by atoms with Crippen molar-refractivity contribution in [2.45, 2.75) is 57.3 Å². The first-order valence-electron chi connectivity index (χ1n) is 14.1. The van der Waals surface area contributed by atoms with Crippen LogP contribution in [0.1, 0.15) is 63.0 Å². The fourth-order valence-electron chi connectivity index (χ4n) is 7.19. The molecule has 2 N–H and O–H groups in total. The Labute approximate surface area is 217 Å². The summed E-state index contributed by atoms with van der Waals surface area (Å²) in [6.07, 6.45) is 8.19. The number of carbonyl (C=O) groups is 2. The molecule has 4 aliphatic rings. The van der Waals surface area contributed by atoms with Gasteiger partial charge in [-0.3, -0.25) is 19.6 Å². The number of fused-ring (bicyclic) bond motifs is 1. The van der Waals surface area contributed by atoms with Crippen LogP contribution in [-0.2, 0) is 16.6 Å². The zero-order valence-corrected chi connectivity index (χ0v) is 21.9. The molecule has 6 rings (SSSR count). The summed E-state index contributed by atoms with van der Waals surface area (Å²) < 4.78 is 17.4. The number of amides is 2. The van der Waals surface area contributed by atoms with Crippen molar-refractivity contribution in [1.82, 2.24) is 25.3 Å². The Kier molecular flexibility index (Phi) is 6.69. The highest BCUT2D eigenvalue weighted by Gasteiger charge is 2.36. The lowest BCUT2D eigenvalue weighted by atomic mass is 9.71. The monoisotopic (exact) mass is 510 g/mol. The van der Waals surface area contributed by atoms with E-state index in [1.54, 1.807) is 11.7 Å². The molecular weight excluding hydrogens is 471 g/mol. The number of halogens is 1. The third-order valence-corrected chi connectivity index (χ3v) is 9.57. The van der Waals surface area contributed by atoms with Crippen molar-refractivity contribution in [3.05, 3.63) is 23.6 Å². The Morgan fingerprint density at radius 1 is 1.03 bits per heavy atom. The minimum atomic E-state index is -0.526. The van der Waals surface area contributed by atoms with Gasteiger partial charge in [0.05, 0.1) is 17.3 Å². The number of aromatic nitrogens is 2. The van der Waals surface area contributed by atoms with Crippen molar-refractivity contribution in [2.24, 2.45) is 18.4 Å². The normalized spacial score (nSPS) is 25.7. The standard InChI is InChI=1S/C28H39FN6O2/c1-33-26-20(25(32-33)21-3-5-23(36)31-27(21)37)2-4-22(24(26)29)35-14-6-19(7-15-35)18-34-16-10-28(11-17-34)8-12-30-13-9-28/h2,4,19,21,30H,3,5-18H2,1H3,(H,31,36,37). The molecule has 200 valence electrons. The van der Waals surface area contributed by atoms with E-state index in [4.69, 9.17) is 0 Å². The van der Waals surface area contributed by atoms with Crippen LogP contribution < -0.4 is 15.5 Å². The number of hydrogen-bond acceptors (Lipinski definition) is 6. The van der Waals surface area contributed by atoms with E-state index in [1.165, 1.54) is 58.4 Å². The van der Waals surface area contributed by atoms with Crippen LogP contribution in [0, 0.1) is 17.2 Å². The fourth-order valence-corrected chi connectivity index (χ4v) is 7.19.